The fourth-order valence-electron chi connectivity index (χ4n) is 1.90. The molecule has 0 fully saturated rings. The molecule has 0 aliphatic rings. The first kappa shape index (κ1) is 9.84. The standard InChI is InChI=1S/C13H12N4/c1-17-8-9(7-15-17)13-6-11(14)10-4-2-3-5-12(10)16-13/h2-8H,1H3,(H2,14,16). The Kier molecular flexibility index (Phi) is 2.08. The summed E-state index contributed by atoms with van der Waals surface area (Å²) in [4.78, 5) is 4.59. The number of pyridine rings is 1. The van der Waals surface area contributed by atoms with Crippen LogP contribution >= 0.6 is 0 Å². The molecule has 0 saturated heterocycles. The number of para-hydroxylation sites is 1. The second-order valence-corrected chi connectivity index (χ2v) is 4.02. The molecule has 2 N–H and O–H groups in total. The second kappa shape index (κ2) is 3.59. The number of nitrogens with zero attached hydrogens (tertiary/aromatic N) is 3. The van der Waals surface area contributed by atoms with Crippen LogP contribution in [0.2, 0.25) is 0 Å². The van der Waals surface area contributed by atoms with Crippen molar-refractivity contribution >= 4 is 16.6 Å². The molecule has 4 heteroatoms. The van der Waals surface area contributed by atoms with Crippen molar-refractivity contribution in [2.45, 2.75) is 0 Å². The highest BCUT2D eigenvalue weighted by atomic mass is 15.2. The lowest BCUT2D eigenvalue weighted by Gasteiger charge is -2.04. The highest BCUT2D eigenvalue weighted by Gasteiger charge is 2.06. The van der Waals surface area contributed by atoms with Crippen molar-refractivity contribution in [1.82, 2.24) is 14.8 Å². The molecule has 2 heterocycles. The van der Waals surface area contributed by atoms with E-state index in [0.717, 1.165) is 27.8 Å². The Balaban J connectivity index is 2.25. The van der Waals surface area contributed by atoms with Gasteiger partial charge in [-0.3, -0.25) is 4.68 Å². The predicted molar refractivity (Wildman–Crippen MR) is 68.4 cm³/mol. The molecule has 17 heavy (non-hydrogen) atoms. The highest BCUT2D eigenvalue weighted by molar-refractivity contribution is 5.92. The number of hydrogen-bond donors (Lipinski definition) is 1. The van der Waals surface area contributed by atoms with Gasteiger partial charge in [0.25, 0.3) is 0 Å². The molecule has 0 amide bonds. The summed E-state index contributed by atoms with van der Waals surface area (Å²) in [6.07, 6.45) is 3.72. The SMILES string of the molecule is Cn1cc(-c2cc(N)c3ccccc3n2)cn1. The zero-order valence-corrected chi connectivity index (χ0v) is 9.46. The quantitative estimate of drug-likeness (QED) is 0.689. The van der Waals surface area contributed by atoms with E-state index in [1.807, 2.05) is 43.6 Å². The number of aryl methyl sites for hydroxylation is 1. The molecule has 2 aromatic heterocycles. The molecule has 3 rings (SSSR count). The van der Waals surface area contributed by atoms with Crippen LogP contribution in [-0.2, 0) is 7.05 Å². The maximum atomic E-state index is 6.03. The van der Waals surface area contributed by atoms with Crippen LogP contribution in [0.15, 0.2) is 42.7 Å². The van der Waals surface area contributed by atoms with Crippen LogP contribution in [-0.4, -0.2) is 14.8 Å². The van der Waals surface area contributed by atoms with E-state index in [2.05, 4.69) is 10.1 Å². The Morgan fingerprint density at radius 3 is 2.82 bits per heavy atom. The summed E-state index contributed by atoms with van der Waals surface area (Å²) in [5, 5.41) is 5.12. The third-order valence-electron chi connectivity index (χ3n) is 2.75. The summed E-state index contributed by atoms with van der Waals surface area (Å²) in [6.45, 7) is 0. The van der Waals surface area contributed by atoms with E-state index in [4.69, 9.17) is 5.73 Å². The first-order valence-electron chi connectivity index (χ1n) is 5.38. The van der Waals surface area contributed by atoms with Crippen molar-refractivity contribution < 1.29 is 0 Å². The fourth-order valence-corrected chi connectivity index (χ4v) is 1.90. The minimum Gasteiger partial charge on any atom is -0.398 e. The van der Waals surface area contributed by atoms with Crippen LogP contribution in [0.1, 0.15) is 0 Å². The summed E-state index contributed by atoms with van der Waals surface area (Å²) < 4.78 is 1.75. The van der Waals surface area contributed by atoms with E-state index < -0.39 is 0 Å². The summed E-state index contributed by atoms with van der Waals surface area (Å²) in [5.74, 6) is 0. The van der Waals surface area contributed by atoms with E-state index in [1.54, 1.807) is 10.9 Å². The van der Waals surface area contributed by atoms with Gasteiger partial charge in [-0.15, -0.1) is 0 Å². The number of rotatable bonds is 1. The summed E-state index contributed by atoms with van der Waals surface area (Å²) >= 11 is 0. The molecule has 0 aliphatic carbocycles. The molecule has 0 spiro atoms. The number of nitrogens with two attached hydrogens (primary N) is 1. The fraction of sp³-hybridized carbons (Fsp3) is 0.0769. The van der Waals surface area contributed by atoms with Gasteiger partial charge in [0.2, 0.25) is 0 Å². The minimum atomic E-state index is 0.745. The number of aromatic nitrogens is 3. The minimum absolute atomic E-state index is 0.745. The number of benzene rings is 1. The van der Waals surface area contributed by atoms with E-state index in [-0.39, 0.29) is 0 Å². The molecule has 0 bridgehead atoms. The molecule has 0 unspecified atom stereocenters. The molecule has 1 aromatic carbocycles. The number of nitrogen functional groups attached to an aromatic ring is 1. The highest BCUT2D eigenvalue weighted by Crippen LogP contribution is 2.25. The summed E-state index contributed by atoms with van der Waals surface area (Å²) in [7, 11) is 1.88. The zero-order chi connectivity index (χ0) is 11.8. The number of fused-ring (bicyclic) bond motifs is 1. The molecule has 84 valence electrons. The van der Waals surface area contributed by atoms with Gasteiger partial charge >= 0.3 is 0 Å². The van der Waals surface area contributed by atoms with E-state index in [1.165, 1.54) is 0 Å². The van der Waals surface area contributed by atoms with Gasteiger partial charge in [-0.25, -0.2) is 4.98 Å². The van der Waals surface area contributed by atoms with Crippen molar-refractivity contribution in [1.29, 1.82) is 0 Å². The van der Waals surface area contributed by atoms with Crippen molar-refractivity contribution in [3.05, 3.63) is 42.7 Å². The molecule has 3 aromatic rings. The lowest BCUT2D eigenvalue weighted by atomic mass is 10.1. The van der Waals surface area contributed by atoms with Crippen molar-refractivity contribution in [2.24, 2.45) is 7.05 Å². The monoisotopic (exact) mass is 224 g/mol. The van der Waals surface area contributed by atoms with Gasteiger partial charge < -0.3 is 5.73 Å². The summed E-state index contributed by atoms with van der Waals surface area (Å²) in [6, 6.07) is 9.75. The molecule has 0 aliphatic heterocycles. The Bertz CT molecular complexity index is 685. The van der Waals surface area contributed by atoms with Crippen LogP contribution in [0.3, 0.4) is 0 Å². The maximum Gasteiger partial charge on any atom is 0.0761 e. The first-order valence-corrected chi connectivity index (χ1v) is 5.38. The van der Waals surface area contributed by atoms with Crippen LogP contribution in [0.5, 0.6) is 0 Å². The van der Waals surface area contributed by atoms with Crippen molar-refractivity contribution in [3.8, 4) is 11.3 Å². The van der Waals surface area contributed by atoms with Gasteiger partial charge in [-0.2, -0.15) is 5.10 Å². The van der Waals surface area contributed by atoms with Crippen LogP contribution < -0.4 is 5.73 Å². The largest absolute Gasteiger partial charge is 0.398 e. The molecular weight excluding hydrogens is 212 g/mol. The first-order chi connectivity index (χ1) is 8.24. The topological polar surface area (TPSA) is 56.7 Å². The van der Waals surface area contributed by atoms with Crippen LogP contribution in [0.25, 0.3) is 22.2 Å². The second-order valence-electron chi connectivity index (χ2n) is 4.02. The van der Waals surface area contributed by atoms with Gasteiger partial charge in [-0.05, 0) is 12.1 Å². The Morgan fingerprint density at radius 1 is 1.24 bits per heavy atom. The maximum absolute atomic E-state index is 6.03. The van der Waals surface area contributed by atoms with E-state index >= 15 is 0 Å². The third-order valence-corrected chi connectivity index (χ3v) is 2.75. The lowest BCUT2D eigenvalue weighted by molar-refractivity contribution is 0.768. The predicted octanol–water partition coefficient (Wildman–Crippen LogP) is 2.22. The normalized spacial score (nSPS) is 10.9. The van der Waals surface area contributed by atoms with Gasteiger partial charge in [0.05, 0.1) is 17.4 Å². The van der Waals surface area contributed by atoms with E-state index in [0.29, 0.717) is 0 Å². The molecular formula is C13H12N4. The van der Waals surface area contributed by atoms with Crippen LogP contribution in [0.4, 0.5) is 5.69 Å². The number of anilines is 1. The van der Waals surface area contributed by atoms with Crippen molar-refractivity contribution in [2.75, 3.05) is 5.73 Å². The zero-order valence-electron chi connectivity index (χ0n) is 9.46. The van der Waals surface area contributed by atoms with Gasteiger partial charge in [0.1, 0.15) is 0 Å². The van der Waals surface area contributed by atoms with Crippen molar-refractivity contribution in [3.63, 3.8) is 0 Å². The summed E-state index contributed by atoms with van der Waals surface area (Å²) in [5.41, 5.74) is 9.52. The third kappa shape index (κ3) is 1.63. The van der Waals surface area contributed by atoms with Crippen LogP contribution in [0, 0.1) is 0 Å². The molecule has 0 radical (unpaired) electrons. The Hall–Kier alpha value is -2.36. The van der Waals surface area contributed by atoms with Gasteiger partial charge in [-0.1, -0.05) is 18.2 Å². The molecule has 0 atom stereocenters. The molecule has 4 nitrogen and oxygen atoms in total. The van der Waals surface area contributed by atoms with Gasteiger partial charge in [0.15, 0.2) is 0 Å². The smallest absolute Gasteiger partial charge is 0.0761 e. The number of hydrogen-bond acceptors (Lipinski definition) is 3. The van der Waals surface area contributed by atoms with E-state index in [9.17, 15) is 0 Å². The lowest BCUT2D eigenvalue weighted by Crippen LogP contribution is -1.92. The average molecular weight is 224 g/mol. The molecule has 0 saturated carbocycles. The van der Waals surface area contributed by atoms with Gasteiger partial charge in [0, 0.05) is 29.9 Å². The average Bonchev–Trinajstić information content (AvgIpc) is 2.76. The Morgan fingerprint density at radius 2 is 2.06 bits per heavy atom. The Labute approximate surface area is 98.7 Å².